The molecule has 0 amide bonds. The summed E-state index contributed by atoms with van der Waals surface area (Å²) in [6.07, 6.45) is 6.67. The van der Waals surface area contributed by atoms with Crippen molar-refractivity contribution in [2.24, 2.45) is 5.41 Å². The molecule has 0 spiro atoms. The van der Waals surface area contributed by atoms with Crippen LogP contribution < -0.4 is 0 Å². The van der Waals surface area contributed by atoms with Gasteiger partial charge in [0.1, 0.15) is 0 Å². The molecule has 0 aliphatic carbocycles. The number of unbranched alkanes of at least 4 members (excludes halogenated alkanes) is 4. The third-order valence-corrected chi connectivity index (χ3v) is 3.08. The molecule has 3 heteroatoms. The summed E-state index contributed by atoms with van der Waals surface area (Å²) in [6, 6.07) is 0. The highest BCUT2D eigenvalue weighted by Gasteiger charge is 2.25. The van der Waals surface area contributed by atoms with Crippen LogP contribution in [0.1, 0.15) is 52.4 Å². The number of halogens is 1. The van der Waals surface area contributed by atoms with E-state index in [0.29, 0.717) is 0 Å². The van der Waals surface area contributed by atoms with Gasteiger partial charge in [-0.1, -0.05) is 41.6 Å². The van der Waals surface area contributed by atoms with E-state index in [1.807, 2.05) is 0 Å². The van der Waals surface area contributed by atoms with Crippen LogP contribution in [0.5, 0.6) is 0 Å². The lowest BCUT2D eigenvalue weighted by molar-refractivity contribution is -0.147. The van der Waals surface area contributed by atoms with Crippen molar-refractivity contribution in [3.63, 3.8) is 0 Å². The third kappa shape index (κ3) is 6.41. The van der Waals surface area contributed by atoms with Gasteiger partial charge in [0, 0.05) is 5.33 Å². The van der Waals surface area contributed by atoms with Gasteiger partial charge in [-0.15, -0.1) is 0 Å². The van der Waals surface area contributed by atoms with Crippen LogP contribution >= 0.6 is 15.9 Å². The third-order valence-electron chi connectivity index (χ3n) is 2.51. The van der Waals surface area contributed by atoms with Gasteiger partial charge in [-0.25, -0.2) is 0 Å². The first-order chi connectivity index (χ1) is 6.50. The predicted molar refractivity (Wildman–Crippen MR) is 62.9 cm³/mol. The molecule has 0 aromatic carbocycles. The zero-order chi connectivity index (χ0) is 11.0. The van der Waals surface area contributed by atoms with Gasteiger partial charge in [-0.2, -0.15) is 0 Å². The average Bonchev–Trinajstić information content (AvgIpc) is 2.10. The highest BCUT2D eigenvalue weighted by molar-refractivity contribution is 9.09. The standard InChI is InChI=1S/C11H21BrO2/c1-11(2,10(13)14)8-6-4-3-5-7-9-12/h3-9H2,1-2H3,(H,13,14). The number of carboxylic acid groups (broad SMARTS) is 1. The molecule has 0 rings (SSSR count). The molecule has 0 bridgehead atoms. The van der Waals surface area contributed by atoms with Gasteiger partial charge in [0.25, 0.3) is 0 Å². The molecule has 2 nitrogen and oxygen atoms in total. The zero-order valence-corrected chi connectivity index (χ0v) is 10.8. The van der Waals surface area contributed by atoms with Crippen LogP contribution in [0.15, 0.2) is 0 Å². The van der Waals surface area contributed by atoms with Gasteiger partial charge in [-0.05, 0) is 26.7 Å². The number of hydrogen-bond acceptors (Lipinski definition) is 1. The topological polar surface area (TPSA) is 37.3 Å². The Morgan fingerprint density at radius 3 is 2.14 bits per heavy atom. The smallest absolute Gasteiger partial charge is 0.309 e. The first kappa shape index (κ1) is 13.9. The van der Waals surface area contributed by atoms with Gasteiger partial charge in [-0.3, -0.25) is 4.79 Å². The summed E-state index contributed by atoms with van der Waals surface area (Å²) in [6.45, 7) is 3.60. The molecule has 0 unspecified atom stereocenters. The molecule has 0 aliphatic rings. The molecule has 1 N–H and O–H groups in total. The van der Waals surface area contributed by atoms with Gasteiger partial charge in [0.05, 0.1) is 5.41 Å². The molecule has 14 heavy (non-hydrogen) atoms. The van der Waals surface area contributed by atoms with Crippen molar-refractivity contribution in [2.45, 2.75) is 52.4 Å². The summed E-state index contributed by atoms with van der Waals surface area (Å²) in [5, 5.41) is 9.95. The Balaban J connectivity index is 3.40. The molecule has 0 aliphatic heterocycles. The number of carboxylic acids is 1. The normalized spacial score (nSPS) is 11.6. The van der Waals surface area contributed by atoms with Crippen LogP contribution in [0.4, 0.5) is 0 Å². The van der Waals surface area contributed by atoms with E-state index in [1.54, 1.807) is 13.8 Å². The number of alkyl halides is 1. The number of aliphatic carboxylic acids is 1. The maximum atomic E-state index is 10.8. The van der Waals surface area contributed by atoms with Crippen LogP contribution in [0.3, 0.4) is 0 Å². The average molecular weight is 265 g/mol. The molecule has 0 fully saturated rings. The lowest BCUT2D eigenvalue weighted by atomic mass is 9.87. The van der Waals surface area contributed by atoms with Gasteiger partial charge >= 0.3 is 5.97 Å². The number of hydrogen-bond donors (Lipinski definition) is 1. The molecule has 0 aromatic heterocycles. The van der Waals surface area contributed by atoms with E-state index in [0.717, 1.165) is 24.6 Å². The Labute approximate surface area is 95.2 Å². The maximum absolute atomic E-state index is 10.8. The van der Waals surface area contributed by atoms with Gasteiger partial charge < -0.3 is 5.11 Å². The fourth-order valence-corrected chi connectivity index (χ4v) is 1.70. The Bertz CT molecular complexity index is 167. The maximum Gasteiger partial charge on any atom is 0.309 e. The van der Waals surface area contributed by atoms with E-state index >= 15 is 0 Å². The first-order valence-corrected chi connectivity index (χ1v) is 6.42. The molecule has 0 atom stereocenters. The summed E-state index contributed by atoms with van der Waals surface area (Å²) in [5.74, 6) is -0.682. The Morgan fingerprint density at radius 2 is 1.64 bits per heavy atom. The minimum Gasteiger partial charge on any atom is -0.481 e. The molecule has 0 heterocycles. The Hall–Kier alpha value is -0.0500. The second-order valence-electron chi connectivity index (χ2n) is 4.40. The van der Waals surface area contributed by atoms with E-state index in [1.165, 1.54) is 19.3 Å². The molecule has 0 radical (unpaired) electrons. The molecular formula is C11H21BrO2. The largest absolute Gasteiger partial charge is 0.481 e. The summed E-state index contributed by atoms with van der Waals surface area (Å²) in [7, 11) is 0. The zero-order valence-electron chi connectivity index (χ0n) is 9.18. The Morgan fingerprint density at radius 1 is 1.14 bits per heavy atom. The van der Waals surface area contributed by atoms with E-state index in [2.05, 4.69) is 15.9 Å². The minimum absolute atomic E-state index is 0.546. The van der Waals surface area contributed by atoms with Crippen LogP contribution in [-0.4, -0.2) is 16.4 Å². The van der Waals surface area contributed by atoms with Crippen molar-refractivity contribution in [3.05, 3.63) is 0 Å². The lowest BCUT2D eigenvalue weighted by Gasteiger charge is -2.18. The van der Waals surface area contributed by atoms with Crippen molar-refractivity contribution in [3.8, 4) is 0 Å². The van der Waals surface area contributed by atoms with E-state index in [-0.39, 0.29) is 0 Å². The Kier molecular flexibility index (Phi) is 7.24. The molecule has 0 saturated carbocycles. The number of rotatable bonds is 8. The minimum atomic E-state index is -0.682. The van der Waals surface area contributed by atoms with Crippen LogP contribution in [-0.2, 0) is 4.79 Å². The van der Waals surface area contributed by atoms with Crippen molar-refractivity contribution < 1.29 is 9.90 Å². The van der Waals surface area contributed by atoms with Crippen LogP contribution in [0.25, 0.3) is 0 Å². The van der Waals surface area contributed by atoms with Crippen molar-refractivity contribution in [2.75, 3.05) is 5.33 Å². The van der Waals surface area contributed by atoms with E-state index in [9.17, 15) is 4.79 Å². The SMILES string of the molecule is CC(C)(CCCCCCCBr)C(=O)O. The summed E-state index contributed by atoms with van der Waals surface area (Å²) in [5.41, 5.74) is -0.546. The quantitative estimate of drug-likeness (QED) is 0.535. The van der Waals surface area contributed by atoms with Crippen LogP contribution in [0.2, 0.25) is 0 Å². The van der Waals surface area contributed by atoms with Crippen molar-refractivity contribution in [1.29, 1.82) is 0 Å². The van der Waals surface area contributed by atoms with E-state index in [4.69, 9.17) is 5.11 Å². The summed E-state index contributed by atoms with van der Waals surface area (Å²) in [4.78, 5) is 10.8. The molecule has 0 aromatic rings. The lowest BCUT2D eigenvalue weighted by Crippen LogP contribution is -2.23. The highest BCUT2D eigenvalue weighted by atomic mass is 79.9. The molecule has 84 valence electrons. The fraction of sp³-hybridized carbons (Fsp3) is 0.909. The second-order valence-corrected chi connectivity index (χ2v) is 5.19. The fourth-order valence-electron chi connectivity index (χ4n) is 1.30. The predicted octanol–water partition coefficient (Wildman–Crippen LogP) is 3.83. The molecular weight excluding hydrogens is 244 g/mol. The number of carbonyl (C=O) groups is 1. The highest BCUT2D eigenvalue weighted by Crippen LogP contribution is 2.24. The molecule has 0 saturated heterocycles. The van der Waals surface area contributed by atoms with Crippen molar-refractivity contribution in [1.82, 2.24) is 0 Å². The van der Waals surface area contributed by atoms with Gasteiger partial charge in [0.2, 0.25) is 0 Å². The second kappa shape index (κ2) is 7.27. The van der Waals surface area contributed by atoms with Gasteiger partial charge in [0.15, 0.2) is 0 Å². The van der Waals surface area contributed by atoms with E-state index < -0.39 is 11.4 Å². The summed E-state index contributed by atoms with van der Waals surface area (Å²) < 4.78 is 0. The monoisotopic (exact) mass is 264 g/mol. The van der Waals surface area contributed by atoms with Crippen molar-refractivity contribution >= 4 is 21.9 Å². The summed E-state index contributed by atoms with van der Waals surface area (Å²) >= 11 is 3.39. The first-order valence-electron chi connectivity index (χ1n) is 5.30. The van der Waals surface area contributed by atoms with Crippen LogP contribution in [0, 0.1) is 5.41 Å².